The lowest BCUT2D eigenvalue weighted by atomic mass is 9.85. The predicted octanol–water partition coefficient (Wildman–Crippen LogP) is 5.72. The number of thioether (sulfide) groups is 2. The SMILES string of the molecule is Cn1cc(C(F)(F)F)cc(OC(F)F)/c1=N/C1CCC2(SCCS2)c2c1ccc(C#N)c2F. The minimum Gasteiger partial charge on any atom is -0.431 e. The molecule has 12 heteroatoms. The number of alkyl halides is 5. The van der Waals surface area contributed by atoms with E-state index < -0.39 is 40.0 Å². The molecule has 1 aromatic carbocycles. The van der Waals surface area contributed by atoms with Gasteiger partial charge < -0.3 is 9.30 Å². The van der Waals surface area contributed by atoms with Crippen LogP contribution in [0.2, 0.25) is 0 Å². The molecule has 0 amide bonds. The van der Waals surface area contributed by atoms with Crippen molar-refractivity contribution in [2.75, 3.05) is 11.5 Å². The smallest absolute Gasteiger partial charge is 0.417 e. The van der Waals surface area contributed by atoms with Gasteiger partial charge in [0.25, 0.3) is 0 Å². The summed E-state index contributed by atoms with van der Waals surface area (Å²) in [6.07, 6.45) is -3.10. The van der Waals surface area contributed by atoms with Crippen LogP contribution in [-0.2, 0) is 17.3 Å². The van der Waals surface area contributed by atoms with E-state index in [0.717, 1.165) is 22.3 Å². The normalized spacial score (nSPS) is 20.2. The number of benzene rings is 1. The number of rotatable bonds is 3. The number of hydrogen-bond donors (Lipinski definition) is 0. The van der Waals surface area contributed by atoms with Gasteiger partial charge in [0.2, 0.25) is 0 Å². The summed E-state index contributed by atoms with van der Waals surface area (Å²) < 4.78 is 85.6. The number of hydrogen-bond acceptors (Lipinski definition) is 5. The van der Waals surface area contributed by atoms with Crippen LogP contribution in [0.1, 0.15) is 41.1 Å². The maximum Gasteiger partial charge on any atom is 0.417 e. The summed E-state index contributed by atoms with van der Waals surface area (Å²) in [5.41, 5.74) is -0.649. The van der Waals surface area contributed by atoms with Gasteiger partial charge in [0.1, 0.15) is 11.9 Å². The summed E-state index contributed by atoms with van der Waals surface area (Å²) in [5, 5.41) is 9.29. The van der Waals surface area contributed by atoms with Gasteiger partial charge in [0.05, 0.1) is 21.2 Å². The van der Waals surface area contributed by atoms with Crippen LogP contribution in [0.25, 0.3) is 0 Å². The Kier molecular flexibility index (Phi) is 6.39. The van der Waals surface area contributed by atoms with E-state index in [0.29, 0.717) is 30.0 Å². The quantitative estimate of drug-likeness (QED) is 0.501. The molecule has 1 atom stereocenters. The molecule has 1 saturated heterocycles. The van der Waals surface area contributed by atoms with Gasteiger partial charge in [-0.3, -0.25) is 4.99 Å². The summed E-state index contributed by atoms with van der Waals surface area (Å²) in [5.74, 6) is 0.255. The molecule has 1 spiro atoms. The number of nitriles is 1. The van der Waals surface area contributed by atoms with Gasteiger partial charge >= 0.3 is 12.8 Å². The van der Waals surface area contributed by atoms with E-state index in [1.165, 1.54) is 13.1 Å². The van der Waals surface area contributed by atoms with E-state index in [9.17, 15) is 27.2 Å². The lowest BCUT2D eigenvalue weighted by Gasteiger charge is -2.37. The Labute approximate surface area is 193 Å². The average molecular weight is 506 g/mol. The van der Waals surface area contributed by atoms with Crippen LogP contribution >= 0.6 is 23.5 Å². The molecule has 0 radical (unpaired) electrons. The summed E-state index contributed by atoms with van der Waals surface area (Å²) >= 11 is 3.17. The molecule has 0 N–H and O–H groups in total. The monoisotopic (exact) mass is 505 g/mol. The van der Waals surface area contributed by atoms with E-state index in [-0.39, 0.29) is 11.1 Å². The van der Waals surface area contributed by atoms with Crippen molar-refractivity contribution >= 4 is 23.5 Å². The molecule has 1 aliphatic heterocycles. The van der Waals surface area contributed by atoms with Crippen molar-refractivity contribution in [1.82, 2.24) is 4.57 Å². The minimum absolute atomic E-state index is 0.108. The topological polar surface area (TPSA) is 50.3 Å². The fraction of sp³-hybridized carbons (Fsp3) is 0.429. The van der Waals surface area contributed by atoms with Crippen LogP contribution < -0.4 is 10.2 Å². The van der Waals surface area contributed by atoms with Gasteiger partial charge in [-0.15, -0.1) is 23.5 Å². The highest BCUT2D eigenvalue weighted by Crippen LogP contribution is 2.60. The third-order valence-corrected chi connectivity index (χ3v) is 9.06. The summed E-state index contributed by atoms with van der Waals surface area (Å²) in [6, 6.07) is 4.54. The maximum atomic E-state index is 15.3. The fourth-order valence-corrected chi connectivity index (χ4v) is 7.54. The largest absolute Gasteiger partial charge is 0.431 e. The highest BCUT2D eigenvalue weighted by atomic mass is 32.2. The Bertz CT molecular complexity index is 1180. The Morgan fingerprint density at radius 2 is 1.97 bits per heavy atom. The van der Waals surface area contributed by atoms with Crippen LogP contribution in [0.5, 0.6) is 5.75 Å². The van der Waals surface area contributed by atoms with Gasteiger partial charge in [0, 0.05) is 30.3 Å². The van der Waals surface area contributed by atoms with E-state index in [1.54, 1.807) is 29.6 Å². The summed E-state index contributed by atoms with van der Waals surface area (Å²) in [6.45, 7) is -3.36. The van der Waals surface area contributed by atoms with E-state index in [4.69, 9.17) is 0 Å². The van der Waals surface area contributed by atoms with Crippen molar-refractivity contribution in [3.63, 3.8) is 0 Å². The van der Waals surface area contributed by atoms with Crippen LogP contribution in [0.15, 0.2) is 29.4 Å². The Balaban J connectivity index is 1.90. The van der Waals surface area contributed by atoms with Gasteiger partial charge in [-0.1, -0.05) is 6.07 Å². The van der Waals surface area contributed by atoms with Crippen LogP contribution in [0.4, 0.5) is 26.3 Å². The number of aryl methyl sites for hydroxylation is 1. The highest BCUT2D eigenvalue weighted by molar-refractivity contribution is 8.20. The molecule has 0 bridgehead atoms. The number of aromatic nitrogens is 1. The minimum atomic E-state index is -4.77. The second kappa shape index (κ2) is 8.83. The molecule has 1 aliphatic carbocycles. The lowest BCUT2D eigenvalue weighted by molar-refractivity contribution is -0.138. The first-order chi connectivity index (χ1) is 15.6. The first-order valence-corrected chi connectivity index (χ1v) is 11.8. The molecular formula is C21H17F6N3OS2. The molecule has 1 fully saturated rings. The van der Waals surface area contributed by atoms with Crippen molar-refractivity contribution < 1.29 is 31.1 Å². The molecule has 176 valence electrons. The van der Waals surface area contributed by atoms with Crippen molar-refractivity contribution in [1.29, 1.82) is 5.26 Å². The number of halogens is 6. The second-order valence-electron chi connectivity index (χ2n) is 7.54. The van der Waals surface area contributed by atoms with Crippen molar-refractivity contribution in [2.24, 2.45) is 12.0 Å². The highest BCUT2D eigenvalue weighted by Gasteiger charge is 2.46. The second-order valence-corrected chi connectivity index (χ2v) is 10.6. The van der Waals surface area contributed by atoms with Crippen LogP contribution in [0, 0.1) is 17.1 Å². The van der Waals surface area contributed by atoms with Gasteiger partial charge in [-0.05, 0) is 30.5 Å². The molecule has 2 aliphatic rings. The predicted molar refractivity (Wildman–Crippen MR) is 112 cm³/mol. The van der Waals surface area contributed by atoms with Gasteiger partial charge in [-0.2, -0.15) is 27.2 Å². The lowest BCUT2D eigenvalue weighted by Crippen LogP contribution is -2.29. The fourth-order valence-electron chi connectivity index (χ4n) is 4.15. The zero-order valence-corrected chi connectivity index (χ0v) is 18.8. The Hall–Kier alpha value is -2.26. The van der Waals surface area contributed by atoms with Crippen LogP contribution in [0.3, 0.4) is 0 Å². The molecule has 4 nitrogen and oxygen atoms in total. The standard InChI is InChI=1S/C21H17F6N3OS2/c1-30-10-12(21(25,26)27)8-15(31-19(23)24)18(30)29-14-4-5-20(32-6-7-33-20)16-13(14)3-2-11(9-28)17(16)22/h2-3,8,10,14,19H,4-7H2,1H3/b29-18-. The summed E-state index contributed by atoms with van der Waals surface area (Å²) in [4.78, 5) is 4.46. The van der Waals surface area contributed by atoms with Crippen molar-refractivity contribution in [2.45, 2.75) is 35.8 Å². The molecule has 1 aromatic heterocycles. The number of ether oxygens (including phenoxy) is 1. The Morgan fingerprint density at radius 3 is 2.58 bits per heavy atom. The van der Waals surface area contributed by atoms with Crippen LogP contribution in [-0.4, -0.2) is 22.7 Å². The third kappa shape index (κ3) is 4.45. The van der Waals surface area contributed by atoms with Crippen molar-refractivity contribution in [3.05, 3.63) is 58.0 Å². The molecule has 2 heterocycles. The zero-order valence-electron chi connectivity index (χ0n) is 17.1. The van der Waals surface area contributed by atoms with Crippen molar-refractivity contribution in [3.8, 4) is 11.8 Å². The number of pyridine rings is 1. The molecule has 1 unspecified atom stereocenters. The average Bonchev–Trinajstić information content (AvgIpc) is 3.20. The first-order valence-electron chi connectivity index (χ1n) is 9.83. The number of nitrogens with zero attached hydrogens (tertiary/aromatic N) is 3. The molecule has 2 aromatic rings. The molecule has 0 saturated carbocycles. The van der Waals surface area contributed by atoms with E-state index >= 15 is 4.39 Å². The molecular weight excluding hydrogens is 488 g/mol. The number of fused-ring (bicyclic) bond motifs is 2. The molecule has 4 rings (SSSR count). The summed E-state index contributed by atoms with van der Waals surface area (Å²) in [7, 11) is 1.25. The zero-order chi connectivity index (χ0) is 24.0. The van der Waals surface area contributed by atoms with E-state index in [1.807, 2.05) is 6.07 Å². The first kappa shape index (κ1) is 23.9. The maximum absolute atomic E-state index is 15.3. The van der Waals surface area contributed by atoms with Gasteiger partial charge in [0.15, 0.2) is 11.2 Å². The van der Waals surface area contributed by atoms with Gasteiger partial charge in [-0.25, -0.2) is 4.39 Å². The molecule has 33 heavy (non-hydrogen) atoms. The third-order valence-electron chi connectivity index (χ3n) is 5.53. The Morgan fingerprint density at radius 1 is 1.27 bits per heavy atom. The van der Waals surface area contributed by atoms with E-state index in [2.05, 4.69) is 9.73 Å².